The number of rotatable bonds is 5. The molecule has 31 heavy (non-hydrogen) atoms. The minimum absolute atomic E-state index is 0.0779. The Morgan fingerprint density at radius 1 is 1.23 bits per heavy atom. The Morgan fingerprint density at radius 2 is 1.97 bits per heavy atom. The van der Waals surface area contributed by atoms with E-state index in [1.54, 1.807) is 0 Å². The molecule has 0 spiro atoms. The average Bonchev–Trinajstić information content (AvgIpc) is 3.15. The van der Waals surface area contributed by atoms with Crippen molar-refractivity contribution in [2.24, 2.45) is 10.9 Å². The van der Waals surface area contributed by atoms with Crippen LogP contribution in [0.5, 0.6) is 0 Å². The van der Waals surface area contributed by atoms with Crippen molar-refractivity contribution in [2.75, 3.05) is 16.0 Å². The fourth-order valence-corrected chi connectivity index (χ4v) is 4.93. The zero-order chi connectivity index (χ0) is 22.0. The van der Waals surface area contributed by atoms with Gasteiger partial charge in [0.1, 0.15) is 12.0 Å². The molecule has 2 heterocycles. The Balaban J connectivity index is 1.57. The summed E-state index contributed by atoms with van der Waals surface area (Å²) in [6, 6.07) is 15.6. The van der Waals surface area contributed by atoms with E-state index in [0.29, 0.717) is 11.0 Å². The van der Waals surface area contributed by atoms with Gasteiger partial charge >= 0.3 is 0 Å². The first-order valence-electron chi connectivity index (χ1n) is 10.2. The molecular weight excluding hydrogens is 476 g/mol. The smallest absolute Gasteiger partial charge is 0.234 e. The van der Waals surface area contributed by atoms with Crippen molar-refractivity contribution in [3.63, 3.8) is 0 Å². The number of aliphatic imine (C=N–C) groups is 1. The molecule has 1 saturated heterocycles. The lowest BCUT2D eigenvalue weighted by Gasteiger charge is -2.36. The van der Waals surface area contributed by atoms with E-state index >= 15 is 0 Å². The fourth-order valence-electron chi connectivity index (χ4n) is 3.82. The molecule has 7 nitrogen and oxygen atoms in total. The highest BCUT2D eigenvalue weighted by atomic mass is 79.9. The second-order valence-corrected chi connectivity index (χ2v) is 9.36. The van der Waals surface area contributed by atoms with Crippen LogP contribution in [0.4, 0.5) is 11.4 Å². The molecule has 9 heteroatoms. The van der Waals surface area contributed by atoms with E-state index in [4.69, 9.17) is 10.4 Å². The first kappa shape index (κ1) is 22.0. The molecule has 2 aromatic carbocycles. The Labute approximate surface area is 194 Å². The molecule has 0 saturated carbocycles. The number of nitrogens with zero attached hydrogens (tertiary/aromatic N) is 2. The number of hydrogen-bond acceptors (Lipinski definition) is 6. The van der Waals surface area contributed by atoms with E-state index in [2.05, 4.69) is 52.0 Å². The van der Waals surface area contributed by atoms with Crippen molar-refractivity contribution >= 4 is 56.0 Å². The second-order valence-electron chi connectivity index (χ2n) is 7.51. The van der Waals surface area contributed by atoms with E-state index in [-0.39, 0.29) is 29.8 Å². The van der Waals surface area contributed by atoms with Crippen LogP contribution >= 0.6 is 27.7 Å². The topological polar surface area (TPSA) is 92.6 Å². The molecule has 2 aliphatic rings. The zero-order valence-electron chi connectivity index (χ0n) is 17.4. The Bertz CT molecular complexity index is 1010. The number of para-hydroxylation sites is 1. The van der Waals surface area contributed by atoms with E-state index in [1.807, 2.05) is 47.4 Å². The molecule has 162 valence electrons. The summed E-state index contributed by atoms with van der Waals surface area (Å²) in [6.45, 7) is 4.15. The van der Waals surface area contributed by atoms with Gasteiger partial charge in [-0.3, -0.25) is 20.5 Å². The first-order valence-corrected chi connectivity index (χ1v) is 12.0. The lowest BCUT2D eigenvalue weighted by atomic mass is 9.96. The lowest BCUT2D eigenvalue weighted by molar-refractivity contribution is -0.113. The third kappa shape index (κ3) is 4.69. The minimum atomic E-state index is -0.218. The van der Waals surface area contributed by atoms with Gasteiger partial charge in [0.15, 0.2) is 5.17 Å². The van der Waals surface area contributed by atoms with Crippen molar-refractivity contribution < 1.29 is 4.79 Å². The molecule has 1 fully saturated rings. The molecule has 1 amide bonds. The number of anilines is 2. The van der Waals surface area contributed by atoms with Gasteiger partial charge in [0, 0.05) is 16.2 Å². The molecule has 3 unspecified atom stereocenters. The number of amides is 1. The molecule has 3 atom stereocenters. The number of amidine groups is 2. The van der Waals surface area contributed by atoms with E-state index in [0.717, 1.165) is 27.8 Å². The first-order chi connectivity index (χ1) is 15.0. The summed E-state index contributed by atoms with van der Waals surface area (Å²) in [6.07, 6.45) is 0.631. The van der Waals surface area contributed by atoms with Crippen molar-refractivity contribution in [1.82, 2.24) is 10.9 Å². The third-order valence-corrected chi connectivity index (χ3v) is 6.89. The normalized spacial score (nSPS) is 22.8. The summed E-state index contributed by atoms with van der Waals surface area (Å²) in [5, 5.41) is 12.5. The van der Waals surface area contributed by atoms with Crippen LogP contribution in [0.1, 0.15) is 19.4 Å². The van der Waals surface area contributed by atoms with Gasteiger partial charge in [0.2, 0.25) is 5.91 Å². The number of carbonyl (C=O) groups excluding carboxylic acids is 1. The maximum absolute atomic E-state index is 12.6. The van der Waals surface area contributed by atoms with Crippen LogP contribution in [0.15, 0.2) is 58.0 Å². The number of thioether (sulfide) groups is 1. The van der Waals surface area contributed by atoms with Crippen molar-refractivity contribution in [3.8, 4) is 0 Å². The average molecular weight is 501 g/mol. The maximum Gasteiger partial charge on any atom is 0.234 e. The third-order valence-electron chi connectivity index (χ3n) is 5.41. The summed E-state index contributed by atoms with van der Waals surface area (Å²) < 4.78 is 0.960. The summed E-state index contributed by atoms with van der Waals surface area (Å²) >= 11 is 4.75. The SMILES string of the molecule is CCc1ccccc1N1C(=N)C2C(C)NNC2N=C1SCC(=O)Nc1ccc(Br)cc1. The summed E-state index contributed by atoms with van der Waals surface area (Å²) in [4.78, 5) is 19.3. The number of hydrazine groups is 1. The molecule has 2 aromatic rings. The van der Waals surface area contributed by atoms with Crippen molar-refractivity contribution in [1.29, 1.82) is 5.41 Å². The van der Waals surface area contributed by atoms with Crippen LogP contribution in [0.25, 0.3) is 0 Å². The highest BCUT2D eigenvalue weighted by Crippen LogP contribution is 2.33. The number of hydrogen-bond donors (Lipinski definition) is 4. The number of halogens is 1. The number of fused-ring (bicyclic) bond motifs is 1. The Hall–Kier alpha value is -2.20. The summed E-state index contributed by atoms with van der Waals surface area (Å²) in [7, 11) is 0. The molecule has 0 aromatic heterocycles. The molecule has 0 radical (unpaired) electrons. The van der Waals surface area contributed by atoms with Gasteiger partial charge in [0.25, 0.3) is 0 Å². The van der Waals surface area contributed by atoms with Gasteiger partial charge in [-0.25, -0.2) is 10.4 Å². The molecule has 4 rings (SSSR count). The van der Waals surface area contributed by atoms with Gasteiger partial charge in [-0.15, -0.1) is 0 Å². The van der Waals surface area contributed by atoms with Gasteiger partial charge < -0.3 is 5.32 Å². The van der Waals surface area contributed by atoms with Gasteiger partial charge in [-0.1, -0.05) is 52.8 Å². The van der Waals surface area contributed by atoms with Crippen molar-refractivity contribution in [3.05, 3.63) is 58.6 Å². The minimum Gasteiger partial charge on any atom is -0.325 e. The standard InChI is InChI=1S/C22H25BrN6OS/c1-3-14-6-4-5-7-17(14)29-20(24)19-13(2)27-28-21(19)26-22(29)31-12-18(30)25-16-10-8-15(23)9-11-16/h4-11,13,19,21,24,27-28H,3,12H2,1-2H3,(H,25,30). The number of nitrogens with one attached hydrogen (secondary N) is 4. The number of benzene rings is 2. The highest BCUT2D eigenvalue weighted by Gasteiger charge is 2.44. The van der Waals surface area contributed by atoms with Crippen molar-refractivity contribution in [2.45, 2.75) is 32.5 Å². The van der Waals surface area contributed by atoms with Gasteiger partial charge in [-0.2, -0.15) is 0 Å². The molecule has 2 aliphatic heterocycles. The van der Waals surface area contributed by atoms with E-state index in [9.17, 15) is 4.79 Å². The molecule has 4 N–H and O–H groups in total. The predicted molar refractivity (Wildman–Crippen MR) is 132 cm³/mol. The van der Waals surface area contributed by atoms with Crippen LogP contribution in [0.3, 0.4) is 0 Å². The quantitative estimate of drug-likeness (QED) is 0.498. The van der Waals surface area contributed by atoms with Crippen LogP contribution in [0.2, 0.25) is 0 Å². The molecular formula is C22H25BrN6OS. The number of carbonyl (C=O) groups is 1. The van der Waals surface area contributed by atoms with Gasteiger partial charge in [-0.05, 0) is 49.2 Å². The van der Waals surface area contributed by atoms with Crippen LogP contribution in [0, 0.1) is 11.3 Å². The van der Waals surface area contributed by atoms with Crippen LogP contribution in [-0.2, 0) is 11.2 Å². The Kier molecular flexibility index (Phi) is 6.76. The van der Waals surface area contributed by atoms with Crippen LogP contribution in [-0.4, -0.2) is 34.9 Å². The zero-order valence-corrected chi connectivity index (χ0v) is 19.8. The molecule has 0 aliphatic carbocycles. The molecule has 0 bridgehead atoms. The fraction of sp³-hybridized carbons (Fsp3) is 0.318. The van der Waals surface area contributed by atoms with Crippen LogP contribution < -0.4 is 21.1 Å². The highest BCUT2D eigenvalue weighted by molar-refractivity contribution is 9.10. The monoisotopic (exact) mass is 500 g/mol. The lowest BCUT2D eigenvalue weighted by Crippen LogP contribution is -2.50. The summed E-state index contributed by atoms with van der Waals surface area (Å²) in [5.41, 5.74) is 9.22. The van der Waals surface area contributed by atoms with E-state index < -0.39 is 0 Å². The Morgan fingerprint density at radius 3 is 2.71 bits per heavy atom. The second kappa shape index (κ2) is 9.52. The maximum atomic E-state index is 12.6. The largest absolute Gasteiger partial charge is 0.325 e. The number of aryl methyl sites for hydroxylation is 1. The predicted octanol–water partition coefficient (Wildman–Crippen LogP) is 3.98. The van der Waals surface area contributed by atoms with Gasteiger partial charge in [0.05, 0.1) is 17.4 Å². The van der Waals surface area contributed by atoms with E-state index in [1.165, 1.54) is 11.8 Å². The summed E-state index contributed by atoms with van der Waals surface area (Å²) in [5.74, 6) is 0.499.